The molecule has 8 nitrogen and oxygen atoms in total. The Balaban J connectivity index is 1.59. The second kappa shape index (κ2) is 8.47. The number of nitrogens with one attached hydrogen (secondary N) is 1. The average Bonchev–Trinajstić information content (AvgIpc) is 3.36. The number of aromatic nitrogens is 5. The minimum atomic E-state index is -4.63. The predicted molar refractivity (Wildman–Crippen MR) is 103 cm³/mol. The van der Waals surface area contributed by atoms with E-state index in [9.17, 15) is 36.4 Å². The van der Waals surface area contributed by atoms with Crippen LogP contribution in [0.1, 0.15) is 46.5 Å². The van der Waals surface area contributed by atoms with Gasteiger partial charge in [0.15, 0.2) is 11.4 Å². The highest BCUT2D eigenvalue weighted by molar-refractivity contribution is 5.94. The molecule has 3 aromatic heterocycles. The van der Waals surface area contributed by atoms with Crippen molar-refractivity contribution in [3.8, 4) is 17.3 Å². The lowest BCUT2D eigenvalue weighted by atomic mass is 10.0. The summed E-state index contributed by atoms with van der Waals surface area (Å²) in [5.74, 6) is -0.845. The van der Waals surface area contributed by atoms with E-state index in [1.54, 1.807) is 10.8 Å². The maximum atomic E-state index is 13.0. The van der Waals surface area contributed by atoms with Gasteiger partial charge in [0, 0.05) is 18.3 Å². The van der Waals surface area contributed by atoms with Crippen LogP contribution in [0.5, 0.6) is 0 Å². The molecule has 1 amide bonds. The van der Waals surface area contributed by atoms with E-state index in [1.165, 1.54) is 12.1 Å². The molecule has 4 heterocycles. The van der Waals surface area contributed by atoms with Crippen molar-refractivity contribution >= 4 is 5.91 Å². The number of imidazole rings is 1. The Morgan fingerprint density at radius 1 is 1.21 bits per heavy atom. The van der Waals surface area contributed by atoms with Crippen LogP contribution in [0.15, 0.2) is 30.7 Å². The smallest absolute Gasteiger partial charge is 0.342 e. The number of halogens is 6. The Kier molecular flexibility index (Phi) is 5.80. The van der Waals surface area contributed by atoms with Gasteiger partial charge < -0.3 is 9.88 Å². The van der Waals surface area contributed by atoms with Crippen LogP contribution in [-0.4, -0.2) is 36.4 Å². The van der Waals surface area contributed by atoms with Gasteiger partial charge in [-0.25, -0.2) is 4.98 Å². The molecule has 4 rings (SSSR count). The summed E-state index contributed by atoms with van der Waals surface area (Å²) in [4.78, 5) is 19.7. The monoisotopic (exact) mass is 483 g/mol. The quantitative estimate of drug-likeness (QED) is 0.568. The third kappa shape index (κ3) is 4.73. The van der Waals surface area contributed by atoms with Crippen molar-refractivity contribution < 1.29 is 31.1 Å². The lowest BCUT2D eigenvalue weighted by molar-refractivity contribution is -0.141. The van der Waals surface area contributed by atoms with Gasteiger partial charge >= 0.3 is 12.4 Å². The first-order chi connectivity index (χ1) is 16.0. The molecule has 0 aromatic carbocycles. The number of amides is 1. The molecule has 0 spiro atoms. The summed E-state index contributed by atoms with van der Waals surface area (Å²) in [7, 11) is 0. The minimum absolute atomic E-state index is 0.187. The summed E-state index contributed by atoms with van der Waals surface area (Å²) >= 11 is 0. The molecule has 14 heteroatoms. The molecular weight excluding hydrogens is 468 g/mol. The van der Waals surface area contributed by atoms with Crippen molar-refractivity contribution in [1.29, 1.82) is 5.26 Å². The molecule has 34 heavy (non-hydrogen) atoms. The number of pyridine rings is 1. The molecule has 0 aliphatic carbocycles. The maximum absolute atomic E-state index is 13.0. The van der Waals surface area contributed by atoms with Crippen LogP contribution >= 0.6 is 0 Å². The summed E-state index contributed by atoms with van der Waals surface area (Å²) < 4.78 is 79.2. The zero-order valence-corrected chi connectivity index (χ0v) is 17.2. The number of aryl methyl sites for hydroxylation is 1. The lowest BCUT2D eigenvalue weighted by Crippen LogP contribution is -2.33. The molecule has 1 aliphatic heterocycles. The number of nitriles is 1. The van der Waals surface area contributed by atoms with Gasteiger partial charge in [0.25, 0.3) is 5.91 Å². The Bertz CT molecular complexity index is 1270. The van der Waals surface area contributed by atoms with Crippen LogP contribution < -0.4 is 5.32 Å². The Labute approximate surface area is 187 Å². The molecule has 178 valence electrons. The summed E-state index contributed by atoms with van der Waals surface area (Å²) in [6.07, 6.45) is -6.41. The molecule has 0 saturated carbocycles. The number of rotatable bonds is 4. The Morgan fingerprint density at radius 2 is 1.97 bits per heavy atom. The van der Waals surface area contributed by atoms with E-state index >= 15 is 0 Å². The fourth-order valence-corrected chi connectivity index (χ4v) is 3.72. The van der Waals surface area contributed by atoms with Crippen molar-refractivity contribution in [2.75, 3.05) is 0 Å². The van der Waals surface area contributed by atoms with E-state index in [0.717, 1.165) is 18.6 Å². The first-order valence-corrected chi connectivity index (χ1v) is 9.90. The summed E-state index contributed by atoms with van der Waals surface area (Å²) in [6, 6.07) is 4.72. The topological polar surface area (TPSA) is 101 Å². The molecule has 1 N–H and O–H groups in total. The van der Waals surface area contributed by atoms with Gasteiger partial charge in [-0.15, -0.1) is 0 Å². The first kappa shape index (κ1) is 23.3. The van der Waals surface area contributed by atoms with Crippen molar-refractivity contribution in [3.63, 3.8) is 0 Å². The lowest BCUT2D eigenvalue weighted by Gasteiger charge is -2.24. The summed E-state index contributed by atoms with van der Waals surface area (Å²) in [5.41, 5.74) is -1.11. The van der Waals surface area contributed by atoms with E-state index < -0.39 is 47.9 Å². The highest BCUT2D eigenvalue weighted by atomic mass is 19.4. The summed E-state index contributed by atoms with van der Waals surface area (Å²) in [5, 5.41) is 16.2. The largest absolute Gasteiger partial charge is 0.433 e. The number of hydrogen-bond donors (Lipinski definition) is 1. The van der Waals surface area contributed by atoms with Crippen LogP contribution in [-0.2, 0) is 19.3 Å². The molecule has 0 unspecified atom stereocenters. The predicted octanol–water partition coefficient (Wildman–Crippen LogP) is 3.86. The second-order valence-corrected chi connectivity index (χ2v) is 7.57. The van der Waals surface area contributed by atoms with Gasteiger partial charge in [-0.05, 0) is 31.0 Å². The maximum Gasteiger partial charge on any atom is 0.433 e. The Morgan fingerprint density at radius 3 is 2.65 bits per heavy atom. The van der Waals surface area contributed by atoms with Crippen LogP contribution in [0.4, 0.5) is 26.3 Å². The highest BCUT2D eigenvalue weighted by Gasteiger charge is 2.34. The van der Waals surface area contributed by atoms with Crippen molar-refractivity contribution in [1.82, 2.24) is 29.6 Å². The minimum Gasteiger partial charge on any atom is -0.342 e. The van der Waals surface area contributed by atoms with Gasteiger partial charge in [-0.3, -0.25) is 14.5 Å². The van der Waals surface area contributed by atoms with Gasteiger partial charge in [0.05, 0.1) is 23.8 Å². The molecule has 0 fully saturated rings. The zero-order chi connectivity index (χ0) is 24.7. The van der Waals surface area contributed by atoms with Crippen LogP contribution in [0.25, 0.3) is 11.3 Å². The van der Waals surface area contributed by atoms with E-state index in [4.69, 9.17) is 0 Å². The molecule has 3 aromatic rings. The van der Waals surface area contributed by atoms with E-state index in [0.29, 0.717) is 29.6 Å². The van der Waals surface area contributed by atoms with E-state index in [1.807, 2.05) is 0 Å². The average molecular weight is 483 g/mol. The van der Waals surface area contributed by atoms with Crippen molar-refractivity contribution in [2.45, 2.75) is 44.3 Å². The van der Waals surface area contributed by atoms with Crippen molar-refractivity contribution in [3.05, 3.63) is 53.5 Å². The molecule has 1 aliphatic rings. The second-order valence-electron chi connectivity index (χ2n) is 7.57. The molecule has 1 atom stereocenters. The van der Waals surface area contributed by atoms with Gasteiger partial charge in [-0.1, -0.05) is 0 Å². The fraction of sp³-hybridized carbons (Fsp3) is 0.350. The molecule has 0 bridgehead atoms. The number of alkyl halides is 6. The molecule has 0 radical (unpaired) electrons. The van der Waals surface area contributed by atoms with Crippen LogP contribution in [0.3, 0.4) is 0 Å². The SMILES string of the molecule is N#Cc1c(C(=O)N[C@@H]2CCCn3nc(-c4ccnc(C(F)(F)F)c4)cc32)ncn1CC(F)(F)F. The summed E-state index contributed by atoms with van der Waals surface area (Å²) in [6.45, 7) is -1.01. The third-order valence-electron chi connectivity index (χ3n) is 5.19. The number of carbonyl (C=O) groups is 1. The van der Waals surface area contributed by atoms with Crippen LogP contribution in [0, 0.1) is 11.3 Å². The van der Waals surface area contributed by atoms with Crippen molar-refractivity contribution in [2.24, 2.45) is 0 Å². The Hall–Kier alpha value is -3.89. The van der Waals surface area contributed by atoms with Gasteiger partial charge in [0.1, 0.15) is 18.3 Å². The fourth-order valence-electron chi connectivity index (χ4n) is 3.72. The number of nitrogens with zero attached hydrogens (tertiary/aromatic N) is 6. The third-order valence-corrected chi connectivity index (χ3v) is 5.19. The number of fused-ring (bicyclic) bond motifs is 1. The standard InChI is InChI=1S/C20H15F6N7O/c21-19(22,23)9-32-10-29-17(15(32)8-27)18(34)30-12-2-1-5-33-14(12)7-13(31-33)11-3-4-28-16(6-11)20(24,25)26/h3-4,6-7,10,12H,1-2,5,9H2,(H,30,34)/t12-/m1/s1. The van der Waals surface area contributed by atoms with Gasteiger partial charge in [0.2, 0.25) is 0 Å². The number of hydrogen-bond acceptors (Lipinski definition) is 5. The van der Waals surface area contributed by atoms with E-state index in [-0.39, 0.29) is 11.3 Å². The zero-order valence-electron chi connectivity index (χ0n) is 17.2. The molecule has 0 saturated heterocycles. The molecular formula is C20H15F6N7O. The van der Waals surface area contributed by atoms with Crippen LogP contribution in [0.2, 0.25) is 0 Å². The number of carbonyl (C=O) groups excluding carboxylic acids is 1. The normalized spacial score (nSPS) is 16.1. The van der Waals surface area contributed by atoms with E-state index in [2.05, 4.69) is 20.4 Å². The first-order valence-electron chi connectivity index (χ1n) is 9.90. The van der Waals surface area contributed by atoms with Gasteiger partial charge in [-0.2, -0.15) is 36.7 Å². The highest BCUT2D eigenvalue weighted by Crippen LogP contribution is 2.33.